The van der Waals surface area contributed by atoms with E-state index in [1.54, 1.807) is 13.8 Å². The van der Waals surface area contributed by atoms with Gasteiger partial charge in [0.1, 0.15) is 9.88 Å². The summed E-state index contributed by atoms with van der Waals surface area (Å²) in [6.07, 6.45) is 0.326. The summed E-state index contributed by atoms with van der Waals surface area (Å²) in [5, 5.41) is 3.01. The minimum Gasteiger partial charge on any atom is -0.465 e. The first-order chi connectivity index (χ1) is 10.3. The summed E-state index contributed by atoms with van der Waals surface area (Å²) in [4.78, 5) is 36.1. The Labute approximate surface area is 133 Å². The first-order valence-corrected chi connectivity index (χ1v) is 7.82. The predicted molar refractivity (Wildman–Crippen MR) is 84.4 cm³/mol. The Bertz CT molecular complexity index is 577. The topological polar surface area (TPSA) is 81.7 Å². The van der Waals surface area contributed by atoms with E-state index in [0.29, 0.717) is 17.0 Å². The molecule has 0 fully saturated rings. The largest absolute Gasteiger partial charge is 0.465 e. The SMILES string of the molecule is CCOC(=O)c1c(NC(=O)CC(C)C)sc(C(=O)OC)c1C. The van der Waals surface area contributed by atoms with Gasteiger partial charge in [0, 0.05) is 6.42 Å². The number of carbonyl (C=O) groups is 3. The Kier molecular flexibility index (Phi) is 6.55. The third-order valence-electron chi connectivity index (χ3n) is 2.84. The maximum Gasteiger partial charge on any atom is 0.348 e. The average Bonchev–Trinajstić information content (AvgIpc) is 2.73. The molecule has 0 unspecified atom stereocenters. The smallest absolute Gasteiger partial charge is 0.348 e. The molecule has 1 heterocycles. The third-order valence-corrected chi connectivity index (χ3v) is 4.03. The van der Waals surface area contributed by atoms with E-state index in [4.69, 9.17) is 9.47 Å². The molecule has 0 aliphatic rings. The standard InChI is InChI=1S/C15H21NO5S/c1-6-21-14(18)11-9(4)12(15(19)20-5)22-13(11)16-10(17)7-8(2)3/h8H,6-7H2,1-5H3,(H,16,17). The minimum absolute atomic E-state index is 0.187. The summed E-state index contributed by atoms with van der Waals surface area (Å²) in [6.45, 7) is 7.38. The third kappa shape index (κ3) is 4.30. The number of nitrogens with one attached hydrogen (secondary N) is 1. The van der Waals surface area contributed by atoms with Gasteiger partial charge in [0.25, 0.3) is 0 Å². The van der Waals surface area contributed by atoms with Gasteiger partial charge in [-0.3, -0.25) is 4.79 Å². The van der Waals surface area contributed by atoms with E-state index in [1.165, 1.54) is 7.11 Å². The van der Waals surface area contributed by atoms with Crippen LogP contribution in [0, 0.1) is 12.8 Å². The van der Waals surface area contributed by atoms with Crippen LogP contribution >= 0.6 is 11.3 Å². The van der Waals surface area contributed by atoms with Gasteiger partial charge in [-0.2, -0.15) is 0 Å². The van der Waals surface area contributed by atoms with Crippen LogP contribution in [0.4, 0.5) is 5.00 Å². The number of anilines is 1. The fourth-order valence-electron chi connectivity index (χ4n) is 1.89. The lowest BCUT2D eigenvalue weighted by atomic mass is 10.1. The van der Waals surface area contributed by atoms with Crippen LogP contribution in [-0.2, 0) is 14.3 Å². The highest BCUT2D eigenvalue weighted by molar-refractivity contribution is 7.18. The molecule has 1 rings (SSSR count). The number of hydrogen-bond donors (Lipinski definition) is 1. The van der Waals surface area contributed by atoms with Crippen molar-refractivity contribution in [3.05, 3.63) is 16.0 Å². The molecule has 0 bridgehead atoms. The number of esters is 2. The average molecular weight is 327 g/mol. The molecule has 0 atom stereocenters. The van der Waals surface area contributed by atoms with Crippen LogP contribution in [0.3, 0.4) is 0 Å². The molecule has 1 aromatic rings. The van der Waals surface area contributed by atoms with Gasteiger partial charge in [0.15, 0.2) is 0 Å². The van der Waals surface area contributed by atoms with Gasteiger partial charge in [-0.25, -0.2) is 9.59 Å². The van der Waals surface area contributed by atoms with Crippen LogP contribution in [0.1, 0.15) is 52.8 Å². The second-order valence-corrected chi connectivity index (χ2v) is 6.14. The molecule has 122 valence electrons. The first-order valence-electron chi connectivity index (χ1n) is 7.00. The zero-order chi connectivity index (χ0) is 16.9. The highest BCUT2D eigenvalue weighted by atomic mass is 32.1. The number of rotatable bonds is 6. The van der Waals surface area contributed by atoms with Crippen molar-refractivity contribution in [1.29, 1.82) is 0 Å². The molecule has 0 spiro atoms. The van der Waals surface area contributed by atoms with Crippen molar-refractivity contribution in [3.8, 4) is 0 Å². The van der Waals surface area contributed by atoms with Crippen LogP contribution in [0.2, 0.25) is 0 Å². The summed E-state index contributed by atoms with van der Waals surface area (Å²) in [5.74, 6) is -1.13. The molecule has 0 saturated heterocycles. The molecule has 0 radical (unpaired) electrons. The highest BCUT2D eigenvalue weighted by Gasteiger charge is 2.27. The lowest BCUT2D eigenvalue weighted by molar-refractivity contribution is -0.116. The van der Waals surface area contributed by atoms with Crippen molar-refractivity contribution in [2.75, 3.05) is 19.0 Å². The van der Waals surface area contributed by atoms with Crippen molar-refractivity contribution < 1.29 is 23.9 Å². The molecular formula is C15H21NO5S. The summed E-state index contributed by atoms with van der Waals surface area (Å²) >= 11 is 1.02. The first kappa shape index (κ1) is 18.2. The molecule has 22 heavy (non-hydrogen) atoms. The van der Waals surface area contributed by atoms with E-state index in [1.807, 2.05) is 13.8 Å². The lowest BCUT2D eigenvalue weighted by Gasteiger charge is -2.08. The lowest BCUT2D eigenvalue weighted by Crippen LogP contribution is -2.16. The second kappa shape index (κ2) is 7.93. The molecule has 1 N–H and O–H groups in total. The fourth-order valence-corrected chi connectivity index (χ4v) is 3.02. The molecule has 6 nitrogen and oxygen atoms in total. The van der Waals surface area contributed by atoms with Crippen LogP contribution in [0.15, 0.2) is 0 Å². The normalized spacial score (nSPS) is 10.5. The Hall–Kier alpha value is -1.89. The Morgan fingerprint density at radius 2 is 1.86 bits per heavy atom. The molecule has 1 aromatic heterocycles. The number of hydrogen-bond acceptors (Lipinski definition) is 6. The van der Waals surface area contributed by atoms with E-state index in [0.717, 1.165) is 11.3 Å². The molecule has 0 aliphatic heterocycles. The maximum absolute atomic E-state index is 12.1. The quantitative estimate of drug-likeness (QED) is 0.812. The van der Waals surface area contributed by atoms with E-state index in [-0.39, 0.29) is 28.9 Å². The fraction of sp³-hybridized carbons (Fsp3) is 0.533. The van der Waals surface area contributed by atoms with Crippen molar-refractivity contribution >= 4 is 34.2 Å². The molecule has 0 aromatic carbocycles. The van der Waals surface area contributed by atoms with Gasteiger partial charge in [-0.15, -0.1) is 11.3 Å². The van der Waals surface area contributed by atoms with E-state index < -0.39 is 11.9 Å². The van der Waals surface area contributed by atoms with Gasteiger partial charge in [0.05, 0.1) is 19.3 Å². The zero-order valence-corrected chi connectivity index (χ0v) is 14.3. The monoisotopic (exact) mass is 327 g/mol. The molecule has 0 aliphatic carbocycles. The van der Waals surface area contributed by atoms with Gasteiger partial charge in [0.2, 0.25) is 5.91 Å². The number of amides is 1. The molecule has 7 heteroatoms. The van der Waals surface area contributed by atoms with Crippen LogP contribution in [-0.4, -0.2) is 31.6 Å². The minimum atomic E-state index is -0.564. The van der Waals surface area contributed by atoms with Crippen molar-refractivity contribution in [3.63, 3.8) is 0 Å². The van der Waals surface area contributed by atoms with Crippen LogP contribution in [0.5, 0.6) is 0 Å². The van der Waals surface area contributed by atoms with E-state index in [9.17, 15) is 14.4 Å². The van der Waals surface area contributed by atoms with Crippen molar-refractivity contribution in [2.24, 2.45) is 5.92 Å². The number of carbonyl (C=O) groups excluding carboxylic acids is 3. The van der Waals surface area contributed by atoms with Crippen LogP contribution in [0.25, 0.3) is 0 Å². The van der Waals surface area contributed by atoms with Gasteiger partial charge >= 0.3 is 11.9 Å². The molecule has 1 amide bonds. The van der Waals surface area contributed by atoms with Gasteiger partial charge in [-0.05, 0) is 25.3 Å². The Morgan fingerprint density at radius 1 is 1.23 bits per heavy atom. The number of thiophene rings is 1. The zero-order valence-electron chi connectivity index (χ0n) is 13.4. The predicted octanol–water partition coefficient (Wildman–Crippen LogP) is 3.00. The van der Waals surface area contributed by atoms with Crippen molar-refractivity contribution in [2.45, 2.75) is 34.1 Å². The second-order valence-electron chi connectivity index (χ2n) is 5.12. The summed E-state index contributed by atoms with van der Waals surface area (Å²) < 4.78 is 9.70. The van der Waals surface area contributed by atoms with Gasteiger partial charge < -0.3 is 14.8 Å². The summed E-state index contributed by atoms with van der Waals surface area (Å²) in [5.41, 5.74) is 0.666. The van der Waals surface area contributed by atoms with E-state index >= 15 is 0 Å². The van der Waals surface area contributed by atoms with Crippen molar-refractivity contribution in [1.82, 2.24) is 0 Å². The number of ether oxygens (including phenoxy) is 2. The molecular weight excluding hydrogens is 306 g/mol. The Balaban J connectivity index is 3.20. The highest BCUT2D eigenvalue weighted by Crippen LogP contribution is 2.34. The Morgan fingerprint density at radius 3 is 2.36 bits per heavy atom. The maximum atomic E-state index is 12.1. The number of methoxy groups -OCH3 is 1. The van der Waals surface area contributed by atoms with E-state index in [2.05, 4.69) is 5.32 Å². The molecule has 0 saturated carbocycles. The summed E-state index contributed by atoms with van der Waals surface area (Å²) in [7, 11) is 1.27. The summed E-state index contributed by atoms with van der Waals surface area (Å²) in [6, 6.07) is 0. The van der Waals surface area contributed by atoms with Gasteiger partial charge in [-0.1, -0.05) is 13.8 Å². The van der Waals surface area contributed by atoms with Crippen LogP contribution < -0.4 is 5.32 Å².